The van der Waals surface area contributed by atoms with E-state index < -0.39 is 0 Å². The van der Waals surface area contributed by atoms with Crippen molar-refractivity contribution in [2.45, 2.75) is 0 Å². The molecule has 4 heteroatoms. The predicted octanol–water partition coefficient (Wildman–Crippen LogP) is 2.89. The molecule has 0 aliphatic heterocycles. The van der Waals surface area contributed by atoms with E-state index in [1.807, 2.05) is 12.2 Å². The van der Waals surface area contributed by atoms with E-state index >= 15 is 0 Å². The van der Waals surface area contributed by atoms with E-state index in [0.717, 1.165) is 0 Å². The maximum atomic E-state index is 5.90. The second-order valence-corrected chi connectivity index (χ2v) is 3.36. The smallest absolute Gasteiger partial charge is 0.139 e. The summed E-state index contributed by atoms with van der Waals surface area (Å²) in [4.78, 5) is 0. The molecule has 0 saturated carbocycles. The van der Waals surface area contributed by atoms with Crippen LogP contribution in [0.3, 0.4) is 0 Å². The molecule has 0 aliphatic carbocycles. The minimum absolute atomic E-state index is 0.440. The monoisotopic (exact) mass is 231 g/mol. The molecule has 2 N–H and O–H groups in total. The summed E-state index contributed by atoms with van der Waals surface area (Å²) >= 11 is 11.7. The molecule has 0 heterocycles. The molecule has 0 fully saturated rings. The van der Waals surface area contributed by atoms with Crippen molar-refractivity contribution in [3.63, 3.8) is 0 Å². The second-order valence-electron chi connectivity index (χ2n) is 2.57. The maximum absolute atomic E-state index is 5.90. The molecule has 0 unspecified atom stereocenters. The predicted molar refractivity (Wildman–Crippen MR) is 60.2 cm³/mol. The maximum Gasteiger partial charge on any atom is 0.139 e. The zero-order valence-corrected chi connectivity index (χ0v) is 9.05. The first-order valence-electron chi connectivity index (χ1n) is 4.17. The molecule has 0 radical (unpaired) electrons. The van der Waals surface area contributed by atoms with Crippen molar-refractivity contribution in [3.05, 3.63) is 40.4 Å². The quantitative estimate of drug-likeness (QED) is 0.810. The minimum Gasteiger partial charge on any atom is -0.488 e. The van der Waals surface area contributed by atoms with E-state index in [0.29, 0.717) is 28.9 Å². The summed E-state index contributed by atoms with van der Waals surface area (Å²) < 4.78 is 5.36. The minimum atomic E-state index is 0.440. The fourth-order valence-electron chi connectivity index (χ4n) is 0.898. The van der Waals surface area contributed by atoms with Gasteiger partial charge in [-0.2, -0.15) is 0 Å². The van der Waals surface area contributed by atoms with E-state index in [1.165, 1.54) is 0 Å². The molecule has 1 aromatic rings. The molecule has 0 aromatic heterocycles. The first kappa shape index (κ1) is 11.4. The van der Waals surface area contributed by atoms with Crippen LogP contribution in [0.25, 0.3) is 0 Å². The van der Waals surface area contributed by atoms with Gasteiger partial charge in [0.25, 0.3) is 0 Å². The van der Waals surface area contributed by atoms with Crippen LogP contribution in [0.4, 0.5) is 0 Å². The molecule has 0 aliphatic rings. The molecule has 2 nitrogen and oxygen atoms in total. The normalized spacial score (nSPS) is 10.8. The Hall–Kier alpha value is -0.700. The summed E-state index contributed by atoms with van der Waals surface area (Å²) in [5.74, 6) is 0.584. The van der Waals surface area contributed by atoms with Gasteiger partial charge >= 0.3 is 0 Å². The third-order valence-corrected chi connectivity index (χ3v) is 2.36. The summed E-state index contributed by atoms with van der Waals surface area (Å²) in [5, 5.41) is 0.933. The zero-order valence-electron chi connectivity index (χ0n) is 7.54. The van der Waals surface area contributed by atoms with E-state index in [1.54, 1.807) is 18.2 Å². The van der Waals surface area contributed by atoms with Crippen LogP contribution in [-0.4, -0.2) is 13.2 Å². The van der Waals surface area contributed by atoms with Crippen LogP contribution in [0.5, 0.6) is 5.75 Å². The highest BCUT2D eigenvalue weighted by Gasteiger charge is 2.03. The van der Waals surface area contributed by atoms with Gasteiger partial charge in [0, 0.05) is 6.54 Å². The summed E-state index contributed by atoms with van der Waals surface area (Å²) in [6.07, 6.45) is 3.65. The third-order valence-electron chi connectivity index (χ3n) is 1.55. The van der Waals surface area contributed by atoms with Crippen molar-refractivity contribution < 1.29 is 4.74 Å². The number of halogens is 2. The lowest BCUT2D eigenvalue weighted by molar-refractivity contribution is 0.363. The van der Waals surface area contributed by atoms with Gasteiger partial charge < -0.3 is 10.5 Å². The Morgan fingerprint density at radius 1 is 1.29 bits per heavy atom. The summed E-state index contributed by atoms with van der Waals surface area (Å²) in [6.45, 7) is 0.948. The zero-order chi connectivity index (χ0) is 10.4. The summed E-state index contributed by atoms with van der Waals surface area (Å²) in [6, 6.07) is 5.27. The largest absolute Gasteiger partial charge is 0.488 e. The van der Waals surface area contributed by atoms with E-state index in [4.69, 9.17) is 33.7 Å². The highest BCUT2D eigenvalue weighted by molar-refractivity contribution is 6.42. The third kappa shape index (κ3) is 3.22. The molecule has 1 aromatic carbocycles. The molecule has 0 amide bonds. The Morgan fingerprint density at radius 3 is 2.79 bits per heavy atom. The average Bonchev–Trinajstić information content (AvgIpc) is 2.19. The van der Waals surface area contributed by atoms with Crippen molar-refractivity contribution >= 4 is 23.2 Å². The van der Waals surface area contributed by atoms with Crippen molar-refractivity contribution in [1.82, 2.24) is 0 Å². The molecule has 0 atom stereocenters. The van der Waals surface area contributed by atoms with E-state index in [9.17, 15) is 0 Å². The Labute approximate surface area is 93.3 Å². The number of benzene rings is 1. The Morgan fingerprint density at radius 2 is 2.07 bits per heavy atom. The highest BCUT2D eigenvalue weighted by Crippen LogP contribution is 2.31. The summed E-state index contributed by atoms with van der Waals surface area (Å²) in [7, 11) is 0. The Balaban J connectivity index is 2.59. The van der Waals surface area contributed by atoms with Gasteiger partial charge in [-0.05, 0) is 12.1 Å². The van der Waals surface area contributed by atoms with Gasteiger partial charge in [-0.15, -0.1) is 0 Å². The highest BCUT2D eigenvalue weighted by atomic mass is 35.5. The lowest BCUT2D eigenvalue weighted by Crippen LogP contribution is -1.97. The van der Waals surface area contributed by atoms with Crippen LogP contribution in [0.15, 0.2) is 30.4 Å². The number of rotatable bonds is 4. The lowest BCUT2D eigenvalue weighted by Gasteiger charge is -2.05. The molecule has 0 bridgehead atoms. The van der Waals surface area contributed by atoms with E-state index in [2.05, 4.69) is 0 Å². The van der Waals surface area contributed by atoms with Crippen molar-refractivity contribution in [2.75, 3.05) is 13.2 Å². The van der Waals surface area contributed by atoms with Crippen LogP contribution in [0.2, 0.25) is 10.0 Å². The van der Waals surface area contributed by atoms with Gasteiger partial charge in [0.2, 0.25) is 0 Å². The van der Waals surface area contributed by atoms with Crippen LogP contribution in [0.1, 0.15) is 0 Å². The lowest BCUT2D eigenvalue weighted by atomic mass is 10.3. The van der Waals surface area contributed by atoms with Crippen LogP contribution in [-0.2, 0) is 0 Å². The molecule has 76 valence electrons. The van der Waals surface area contributed by atoms with Gasteiger partial charge in [0.15, 0.2) is 0 Å². The Bertz CT molecular complexity index is 326. The molecule has 14 heavy (non-hydrogen) atoms. The van der Waals surface area contributed by atoms with Gasteiger partial charge in [0.1, 0.15) is 17.4 Å². The first-order valence-corrected chi connectivity index (χ1v) is 4.93. The Kier molecular flexibility index (Phi) is 4.80. The fourth-order valence-corrected chi connectivity index (χ4v) is 1.24. The first-order chi connectivity index (χ1) is 6.75. The molecule has 0 spiro atoms. The molecular weight excluding hydrogens is 221 g/mol. The average molecular weight is 232 g/mol. The van der Waals surface area contributed by atoms with Gasteiger partial charge in [0.05, 0.1) is 5.02 Å². The van der Waals surface area contributed by atoms with Crippen molar-refractivity contribution in [2.24, 2.45) is 5.73 Å². The number of ether oxygens (including phenoxy) is 1. The topological polar surface area (TPSA) is 35.2 Å². The van der Waals surface area contributed by atoms with Crippen molar-refractivity contribution in [1.29, 1.82) is 0 Å². The van der Waals surface area contributed by atoms with Gasteiger partial charge in [-0.1, -0.05) is 41.4 Å². The fraction of sp³-hybridized carbons (Fsp3) is 0.200. The molecular formula is C10H11Cl2NO. The van der Waals surface area contributed by atoms with Crippen LogP contribution >= 0.6 is 23.2 Å². The standard InChI is InChI=1S/C10H11Cl2NO/c11-8-4-3-5-9(10(8)12)14-7-2-1-6-13/h1-5H,6-7,13H2. The van der Waals surface area contributed by atoms with Gasteiger partial charge in [-0.3, -0.25) is 0 Å². The SMILES string of the molecule is NCC=CCOc1cccc(Cl)c1Cl. The molecule has 0 saturated heterocycles. The number of nitrogens with two attached hydrogens (primary N) is 1. The number of hydrogen-bond acceptors (Lipinski definition) is 2. The van der Waals surface area contributed by atoms with Crippen LogP contribution in [0, 0.1) is 0 Å². The van der Waals surface area contributed by atoms with E-state index in [-0.39, 0.29) is 0 Å². The number of hydrogen-bond donors (Lipinski definition) is 1. The molecule has 1 rings (SSSR count). The van der Waals surface area contributed by atoms with Crippen LogP contribution < -0.4 is 10.5 Å². The second kappa shape index (κ2) is 5.91. The van der Waals surface area contributed by atoms with Crippen molar-refractivity contribution in [3.8, 4) is 5.75 Å². The summed E-state index contributed by atoms with van der Waals surface area (Å²) in [5.41, 5.74) is 5.27. The van der Waals surface area contributed by atoms with Gasteiger partial charge in [-0.25, -0.2) is 0 Å².